The maximum Gasteiger partial charge on any atom is 0.305 e. The van der Waals surface area contributed by atoms with Crippen LogP contribution < -0.4 is 4.74 Å². The van der Waals surface area contributed by atoms with E-state index in [2.05, 4.69) is 15.5 Å². The Balaban J connectivity index is 2.43. The topological polar surface area (TPSA) is 90.1 Å². The first-order chi connectivity index (χ1) is 9.54. The van der Waals surface area contributed by atoms with Crippen LogP contribution in [-0.4, -0.2) is 38.4 Å². The Bertz CT molecular complexity index is 593. The Morgan fingerprint density at radius 3 is 2.90 bits per heavy atom. The highest BCUT2D eigenvalue weighted by Gasteiger charge is 2.26. The molecule has 0 saturated carbocycles. The first kappa shape index (κ1) is 14.4. The zero-order valence-electron chi connectivity index (χ0n) is 11.5. The maximum absolute atomic E-state index is 11.0. The Morgan fingerprint density at radius 1 is 1.55 bits per heavy atom. The summed E-state index contributed by atoms with van der Waals surface area (Å²) < 4.78 is 6.85. The van der Waals surface area contributed by atoms with Crippen molar-refractivity contribution in [2.45, 2.75) is 26.3 Å². The third-order valence-electron chi connectivity index (χ3n) is 3.01. The highest BCUT2D eigenvalue weighted by atomic mass is 32.1. The second-order valence-electron chi connectivity index (χ2n) is 4.67. The molecule has 2 aromatic rings. The van der Waals surface area contributed by atoms with E-state index in [0.29, 0.717) is 11.6 Å². The van der Waals surface area contributed by atoms with Crippen molar-refractivity contribution in [3.8, 4) is 16.5 Å². The third-order valence-corrected chi connectivity index (χ3v) is 3.90. The van der Waals surface area contributed by atoms with Gasteiger partial charge in [-0.15, -0.1) is 16.4 Å². The molecule has 108 valence electrons. The van der Waals surface area contributed by atoms with Crippen molar-refractivity contribution in [2.24, 2.45) is 5.92 Å². The van der Waals surface area contributed by atoms with Gasteiger partial charge in [-0.1, -0.05) is 13.8 Å². The summed E-state index contributed by atoms with van der Waals surface area (Å²) in [6.45, 7) is 3.90. The lowest BCUT2D eigenvalue weighted by Gasteiger charge is -2.19. The molecule has 0 saturated heterocycles. The lowest BCUT2D eigenvalue weighted by Crippen LogP contribution is -2.21. The number of carbonyl (C=O) groups is 1. The minimum Gasteiger partial charge on any atom is -0.495 e. The van der Waals surface area contributed by atoms with E-state index in [0.717, 1.165) is 4.88 Å². The molecule has 0 bridgehead atoms. The van der Waals surface area contributed by atoms with E-state index in [1.165, 1.54) is 11.3 Å². The Hall–Kier alpha value is -1.96. The number of carboxylic acids is 1. The Morgan fingerprint density at radius 2 is 2.30 bits per heavy atom. The van der Waals surface area contributed by atoms with Gasteiger partial charge in [-0.25, -0.2) is 4.68 Å². The number of thiophene rings is 1. The van der Waals surface area contributed by atoms with E-state index >= 15 is 0 Å². The molecule has 1 atom stereocenters. The predicted octanol–water partition coefficient (Wildman–Crippen LogP) is 2.08. The number of carboxylic acid groups (broad SMARTS) is 1. The standard InChI is InChI=1S/C12H16N4O3S/c1-7(2)8(6-10(17)18)16-12(13-14-15-16)11-9(19-3)4-5-20-11/h4-5,7-8H,6H2,1-3H3,(H,17,18). The molecule has 0 aliphatic rings. The van der Waals surface area contributed by atoms with E-state index in [4.69, 9.17) is 9.84 Å². The highest BCUT2D eigenvalue weighted by molar-refractivity contribution is 7.13. The van der Waals surface area contributed by atoms with Gasteiger partial charge in [-0.3, -0.25) is 4.79 Å². The van der Waals surface area contributed by atoms with Crippen LogP contribution in [0.25, 0.3) is 10.7 Å². The summed E-state index contributed by atoms with van der Waals surface area (Å²) in [5.74, 6) is 0.447. The van der Waals surface area contributed by atoms with Crippen molar-refractivity contribution >= 4 is 17.3 Å². The van der Waals surface area contributed by atoms with Crippen molar-refractivity contribution in [2.75, 3.05) is 7.11 Å². The first-order valence-electron chi connectivity index (χ1n) is 6.16. The summed E-state index contributed by atoms with van der Waals surface area (Å²) in [4.78, 5) is 11.8. The molecule has 2 heterocycles. The molecular formula is C12H16N4O3S. The molecular weight excluding hydrogens is 280 g/mol. The van der Waals surface area contributed by atoms with Gasteiger partial charge in [-0.05, 0) is 27.8 Å². The van der Waals surface area contributed by atoms with Gasteiger partial charge in [-0.2, -0.15) is 0 Å². The number of hydrogen-bond acceptors (Lipinski definition) is 6. The number of nitrogens with zero attached hydrogens (tertiary/aromatic N) is 4. The van der Waals surface area contributed by atoms with Crippen molar-refractivity contribution in [3.05, 3.63) is 11.4 Å². The molecule has 0 aliphatic carbocycles. The summed E-state index contributed by atoms with van der Waals surface area (Å²) in [5.41, 5.74) is 0. The van der Waals surface area contributed by atoms with Gasteiger partial charge < -0.3 is 9.84 Å². The van der Waals surface area contributed by atoms with Crippen LogP contribution in [-0.2, 0) is 4.79 Å². The molecule has 0 aliphatic heterocycles. The summed E-state index contributed by atoms with van der Waals surface area (Å²) in [6, 6.07) is 1.53. The third kappa shape index (κ3) is 2.79. The van der Waals surface area contributed by atoms with Gasteiger partial charge in [0.25, 0.3) is 0 Å². The fraction of sp³-hybridized carbons (Fsp3) is 0.500. The van der Waals surface area contributed by atoms with Gasteiger partial charge in [0.1, 0.15) is 10.6 Å². The quantitative estimate of drug-likeness (QED) is 0.877. The fourth-order valence-electron chi connectivity index (χ4n) is 1.97. The van der Waals surface area contributed by atoms with Gasteiger partial charge in [0, 0.05) is 0 Å². The average molecular weight is 296 g/mol. The number of methoxy groups -OCH3 is 1. The van der Waals surface area contributed by atoms with Gasteiger partial charge in [0.05, 0.1) is 19.6 Å². The van der Waals surface area contributed by atoms with Crippen molar-refractivity contribution in [3.63, 3.8) is 0 Å². The number of tetrazole rings is 1. The molecule has 1 N–H and O–H groups in total. The van der Waals surface area contributed by atoms with Gasteiger partial charge in [0.2, 0.25) is 0 Å². The summed E-state index contributed by atoms with van der Waals surface area (Å²) in [6.07, 6.45) is -0.0244. The first-order valence-corrected chi connectivity index (χ1v) is 7.04. The second kappa shape index (κ2) is 6.00. The van der Waals surface area contributed by atoms with E-state index in [-0.39, 0.29) is 18.4 Å². The van der Waals surface area contributed by atoms with Crippen LogP contribution in [0.2, 0.25) is 0 Å². The summed E-state index contributed by atoms with van der Waals surface area (Å²) >= 11 is 1.46. The second-order valence-corrected chi connectivity index (χ2v) is 5.59. The van der Waals surface area contributed by atoms with Crippen LogP contribution in [0.4, 0.5) is 0 Å². The molecule has 7 nitrogen and oxygen atoms in total. The molecule has 0 radical (unpaired) electrons. The lowest BCUT2D eigenvalue weighted by atomic mass is 10.0. The normalized spacial score (nSPS) is 12.6. The SMILES string of the molecule is COc1ccsc1-c1nnnn1C(CC(=O)O)C(C)C. The minimum atomic E-state index is -0.872. The molecule has 20 heavy (non-hydrogen) atoms. The fourth-order valence-corrected chi connectivity index (χ4v) is 2.81. The molecule has 2 rings (SSSR count). The van der Waals surface area contributed by atoms with Crippen LogP contribution in [0.3, 0.4) is 0 Å². The number of aromatic nitrogens is 4. The maximum atomic E-state index is 11.0. The van der Waals surface area contributed by atoms with Crippen LogP contribution in [0.5, 0.6) is 5.75 Å². The Kier molecular flexibility index (Phi) is 4.33. The molecule has 0 amide bonds. The monoisotopic (exact) mass is 296 g/mol. The molecule has 1 unspecified atom stereocenters. The predicted molar refractivity (Wildman–Crippen MR) is 73.8 cm³/mol. The van der Waals surface area contributed by atoms with Crippen LogP contribution in [0.15, 0.2) is 11.4 Å². The number of aliphatic carboxylic acids is 1. The molecule has 0 spiro atoms. The van der Waals surface area contributed by atoms with Gasteiger partial charge in [0.15, 0.2) is 5.82 Å². The van der Waals surface area contributed by atoms with E-state index in [1.54, 1.807) is 11.8 Å². The number of hydrogen-bond donors (Lipinski definition) is 1. The van der Waals surface area contributed by atoms with E-state index in [9.17, 15) is 4.79 Å². The van der Waals surface area contributed by atoms with Crippen molar-refractivity contribution < 1.29 is 14.6 Å². The van der Waals surface area contributed by atoms with Crippen molar-refractivity contribution in [1.82, 2.24) is 20.2 Å². The lowest BCUT2D eigenvalue weighted by molar-refractivity contribution is -0.138. The van der Waals surface area contributed by atoms with E-state index in [1.807, 2.05) is 25.3 Å². The molecule has 2 aromatic heterocycles. The van der Waals surface area contributed by atoms with Crippen LogP contribution in [0, 0.1) is 5.92 Å². The van der Waals surface area contributed by atoms with E-state index < -0.39 is 5.97 Å². The summed E-state index contributed by atoms with van der Waals surface area (Å²) in [5, 5.41) is 22.6. The largest absolute Gasteiger partial charge is 0.495 e. The van der Waals surface area contributed by atoms with Crippen LogP contribution in [0.1, 0.15) is 26.3 Å². The minimum absolute atomic E-state index is 0.0244. The number of rotatable bonds is 6. The average Bonchev–Trinajstić information content (AvgIpc) is 3.02. The highest BCUT2D eigenvalue weighted by Crippen LogP contribution is 2.36. The molecule has 8 heteroatoms. The summed E-state index contributed by atoms with van der Waals surface area (Å²) in [7, 11) is 1.58. The zero-order chi connectivity index (χ0) is 14.7. The molecule has 0 fully saturated rings. The molecule has 0 aromatic carbocycles. The van der Waals surface area contributed by atoms with Crippen LogP contribution >= 0.6 is 11.3 Å². The zero-order valence-corrected chi connectivity index (χ0v) is 12.3. The smallest absolute Gasteiger partial charge is 0.305 e. The van der Waals surface area contributed by atoms with Crippen molar-refractivity contribution in [1.29, 1.82) is 0 Å². The number of ether oxygens (including phenoxy) is 1. The van der Waals surface area contributed by atoms with Gasteiger partial charge >= 0.3 is 5.97 Å². The Labute approximate surface area is 120 Å².